The number of carbonyl (C=O) groups excluding carboxylic acids is 1. The Morgan fingerprint density at radius 3 is 2.92 bits per heavy atom. The molecule has 0 spiro atoms. The van der Waals surface area contributed by atoms with Gasteiger partial charge in [-0.1, -0.05) is 11.6 Å². The summed E-state index contributed by atoms with van der Waals surface area (Å²) in [6.45, 7) is 0. The molecule has 0 aromatic carbocycles. The Labute approximate surface area is 72.5 Å². The molecule has 0 radical (unpaired) electrons. The first-order valence-corrected chi connectivity index (χ1v) is 3.35. The summed E-state index contributed by atoms with van der Waals surface area (Å²) >= 11 is 5.44. The minimum atomic E-state index is -0.800. The second-order valence-corrected chi connectivity index (χ2v) is 2.29. The highest BCUT2D eigenvalue weighted by Crippen LogP contribution is 2.14. The van der Waals surface area contributed by atoms with Crippen LogP contribution in [0.15, 0.2) is 12.3 Å². The molecule has 0 saturated heterocycles. The van der Waals surface area contributed by atoms with Gasteiger partial charge in [0, 0.05) is 6.20 Å². The molecule has 12 heavy (non-hydrogen) atoms. The van der Waals surface area contributed by atoms with Crippen LogP contribution in [0, 0.1) is 5.82 Å². The number of nitrogens with two attached hydrogens (primary N) is 1. The van der Waals surface area contributed by atoms with Crippen molar-refractivity contribution >= 4 is 17.5 Å². The molecule has 0 saturated carbocycles. The zero-order valence-corrected chi connectivity index (χ0v) is 6.60. The largest absolute Gasteiger partial charge is 0.290 e. The van der Waals surface area contributed by atoms with Crippen LogP contribution in [0.25, 0.3) is 0 Å². The summed E-state index contributed by atoms with van der Waals surface area (Å²) in [4.78, 5) is 14.4. The van der Waals surface area contributed by atoms with Crippen LogP contribution in [0.5, 0.6) is 0 Å². The van der Waals surface area contributed by atoms with E-state index < -0.39 is 11.7 Å². The van der Waals surface area contributed by atoms with Gasteiger partial charge in [-0.3, -0.25) is 10.2 Å². The highest BCUT2D eigenvalue weighted by molar-refractivity contribution is 6.32. The van der Waals surface area contributed by atoms with Gasteiger partial charge in [0.15, 0.2) is 0 Å². The quantitative estimate of drug-likeness (QED) is 0.292. The van der Waals surface area contributed by atoms with Crippen molar-refractivity contribution in [2.45, 2.75) is 0 Å². The Morgan fingerprint density at radius 2 is 2.42 bits per heavy atom. The van der Waals surface area contributed by atoms with Crippen molar-refractivity contribution in [3.05, 3.63) is 28.8 Å². The molecule has 4 nitrogen and oxygen atoms in total. The number of aromatic nitrogens is 1. The van der Waals surface area contributed by atoms with Crippen LogP contribution in [-0.4, -0.2) is 10.9 Å². The second-order valence-electron chi connectivity index (χ2n) is 1.93. The predicted molar refractivity (Wildman–Crippen MR) is 40.9 cm³/mol. The summed E-state index contributed by atoms with van der Waals surface area (Å²) in [5.74, 6) is 3.24. The van der Waals surface area contributed by atoms with Crippen molar-refractivity contribution in [1.29, 1.82) is 0 Å². The van der Waals surface area contributed by atoms with E-state index in [-0.39, 0.29) is 10.7 Å². The molecule has 3 N–H and O–H groups in total. The highest BCUT2D eigenvalue weighted by Gasteiger charge is 2.14. The van der Waals surface area contributed by atoms with E-state index in [0.29, 0.717) is 0 Å². The predicted octanol–water partition coefficient (Wildman–Crippen LogP) is 0.478. The first-order valence-electron chi connectivity index (χ1n) is 2.97. The number of nitrogens with zero attached hydrogens (tertiary/aromatic N) is 1. The Morgan fingerprint density at radius 1 is 1.75 bits per heavy atom. The summed E-state index contributed by atoms with van der Waals surface area (Å²) in [6.07, 6.45) is 1.16. The molecular weight excluding hydrogens is 185 g/mol. The van der Waals surface area contributed by atoms with E-state index in [1.807, 2.05) is 0 Å². The number of amides is 1. The van der Waals surface area contributed by atoms with Gasteiger partial charge in [-0.2, -0.15) is 0 Å². The molecule has 1 amide bonds. The third kappa shape index (κ3) is 1.51. The van der Waals surface area contributed by atoms with Gasteiger partial charge in [0.1, 0.15) is 16.5 Å². The minimum Gasteiger partial charge on any atom is -0.290 e. The Hall–Kier alpha value is -1.20. The lowest BCUT2D eigenvalue weighted by Gasteiger charge is -2.01. The number of nitrogen functional groups attached to an aromatic ring is 1. The molecular formula is C6H5ClFN3O. The van der Waals surface area contributed by atoms with Gasteiger partial charge in [0.05, 0.1) is 0 Å². The van der Waals surface area contributed by atoms with Gasteiger partial charge in [0.25, 0.3) is 5.91 Å². The lowest BCUT2D eigenvalue weighted by molar-refractivity contribution is 0.0949. The number of hydrogen-bond acceptors (Lipinski definition) is 3. The average Bonchev–Trinajstić information content (AvgIpc) is 2.03. The van der Waals surface area contributed by atoms with E-state index in [9.17, 15) is 9.18 Å². The molecule has 0 bridgehead atoms. The van der Waals surface area contributed by atoms with Crippen LogP contribution in [0.2, 0.25) is 5.15 Å². The van der Waals surface area contributed by atoms with Gasteiger partial charge in [-0.05, 0) is 6.07 Å². The number of halogens is 2. The molecule has 1 heterocycles. The third-order valence-electron chi connectivity index (χ3n) is 1.21. The summed E-state index contributed by atoms with van der Waals surface area (Å²) in [5.41, 5.74) is 1.41. The average molecular weight is 190 g/mol. The van der Waals surface area contributed by atoms with Crippen LogP contribution in [0.1, 0.15) is 10.4 Å². The lowest BCUT2D eigenvalue weighted by Crippen LogP contribution is -2.31. The normalized spacial score (nSPS) is 9.58. The Kier molecular flexibility index (Phi) is 2.57. The van der Waals surface area contributed by atoms with Crippen molar-refractivity contribution in [1.82, 2.24) is 10.4 Å². The molecule has 0 fully saturated rings. The fraction of sp³-hybridized carbons (Fsp3) is 0. The molecule has 1 rings (SSSR count). The van der Waals surface area contributed by atoms with Crippen LogP contribution in [0.3, 0.4) is 0 Å². The SMILES string of the molecule is NNC(=O)c1c(F)ccnc1Cl. The van der Waals surface area contributed by atoms with E-state index >= 15 is 0 Å². The third-order valence-corrected chi connectivity index (χ3v) is 1.50. The van der Waals surface area contributed by atoms with Gasteiger partial charge >= 0.3 is 0 Å². The highest BCUT2D eigenvalue weighted by atomic mass is 35.5. The zero-order valence-electron chi connectivity index (χ0n) is 5.84. The first-order chi connectivity index (χ1) is 5.66. The number of rotatable bonds is 1. The van der Waals surface area contributed by atoms with Gasteiger partial charge in [-0.25, -0.2) is 15.2 Å². The summed E-state index contributed by atoms with van der Waals surface area (Å²) in [5, 5.41) is -0.210. The van der Waals surface area contributed by atoms with Crippen LogP contribution in [0.4, 0.5) is 4.39 Å². The fourth-order valence-corrected chi connectivity index (χ4v) is 0.921. The molecule has 0 atom stereocenters. The molecule has 6 heteroatoms. The van der Waals surface area contributed by atoms with Crippen LogP contribution in [-0.2, 0) is 0 Å². The molecule has 1 aromatic rings. The molecule has 0 aliphatic rings. The van der Waals surface area contributed by atoms with Crippen LogP contribution >= 0.6 is 11.6 Å². The molecule has 1 aromatic heterocycles. The van der Waals surface area contributed by atoms with Gasteiger partial charge in [-0.15, -0.1) is 0 Å². The molecule has 0 unspecified atom stereocenters. The van der Waals surface area contributed by atoms with E-state index in [1.54, 1.807) is 5.43 Å². The standard InChI is InChI=1S/C6H5ClFN3O/c7-5-4(6(12)11-9)3(8)1-2-10-5/h1-2H,9H2,(H,11,12). The van der Waals surface area contributed by atoms with Gasteiger partial charge < -0.3 is 0 Å². The maximum absolute atomic E-state index is 12.8. The smallest absolute Gasteiger partial charge is 0.271 e. The van der Waals surface area contributed by atoms with E-state index in [0.717, 1.165) is 12.3 Å². The van der Waals surface area contributed by atoms with Crippen LogP contribution < -0.4 is 11.3 Å². The zero-order chi connectivity index (χ0) is 9.14. The van der Waals surface area contributed by atoms with E-state index in [2.05, 4.69) is 4.98 Å². The minimum absolute atomic E-state index is 0.210. The monoisotopic (exact) mass is 189 g/mol. The fourth-order valence-electron chi connectivity index (χ4n) is 0.689. The maximum Gasteiger partial charge on any atom is 0.271 e. The molecule has 0 aliphatic carbocycles. The van der Waals surface area contributed by atoms with E-state index in [4.69, 9.17) is 17.4 Å². The van der Waals surface area contributed by atoms with E-state index in [1.165, 1.54) is 0 Å². The maximum atomic E-state index is 12.8. The summed E-state index contributed by atoms with van der Waals surface area (Å²) in [7, 11) is 0. The number of hydrogen-bond donors (Lipinski definition) is 2. The van der Waals surface area contributed by atoms with Crippen molar-refractivity contribution in [2.24, 2.45) is 5.84 Å². The lowest BCUT2D eigenvalue weighted by atomic mass is 10.2. The van der Waals surface area contributed by atoms with Crippen molar-refractivity contribution in [2.75, 3.05) is 0 Å². The topological polar surface area (TPSA) is 68.0 Å². The number of pyridine rings is 1. The van der Waals surface area contributed by atoms with Crippen molar-refractivity contribution in [3.8, 4) is 0 Å². The summed E-state index contributed by atoms with van der Waals surface area (Å²) in [6, 6.07) is 1.02. The van der Waals surface area contributed by atoms with Gasteiger partial charge in [0.2, 0.25) is 0 Å². The Balaban J connectivity index is 3.21. The Bertz CT molecular complexity index is 297. The first kappa shape index (κ1) is 8.89. The molecule has 0 aliphatic heterocycles. The number of nitrogens with one attached hydrogen (secondary N) is 1. The summed E-state index contributed by atoms with van der Waals surface area (Å²) < 4.78 is 12.8. The van der Waals surface area contributed by atoms with Crippen molar-refractivity contribution in [3.63, 3.8) is 0 Å². The number of hydrazine groups is 1. The van der Waals surface area contributed by atoms with Crippen molar-refractivity contribution < 1.29 is 9.18 Å². The molecule has 64 valence electrons. The second kappa shape index (κ2) is 3.46. The number of carbonyl (C=O) groups is 1.